The Labute approximate surface area is 135 Å². The molecular formula is C17H34N4O. The standard InChI is InChI=1S/C17H34N4O/c1-4-17(6-5-7-17)14-20-16(18-3)19-12-15(2)13-21-8-10-22-11-9-21/h15H,4-14H2,1-3H3,(H2,18,19,20). The second-order valence-electron chi connectivity index (χ2n) is 7.03. The topological polar surface area (TPSA) is 48.9 Å². The largest absolute Gasteiger partial charge is 0.379 e. The van der Waals surface area contributed by atoms with Gasteiger partial charge in [-0.1, -0.05) is 20.3 Å². The lowest BCUT2D eigenvalue weighted by atomic mass is 9.67. The average molecular weight is 310 g/mol. The highest BCUT2D eigenvalue weighted by atomic mass is 16.5. The maximum Gasteiger partial charge on any atom is 0.191 e. The number of nitrogens with zero attached hydrogens (tertiary/aromatic N) is 2. The third-order valence-corrected chi connectivity index (χ3v) is 5.31. The summed E-state index contributed by atoms with van der Waals surface area (Å²) in [6, 6.07) is 0. The first-order valence-electron chi connectivity index (χ1n) is 8.92. The van der Waals surface area contributed by atoms with E-state index < -0.39 is 0 Å². The Bertz CT molecular complexity index is 343. The molecular weight excluding hydrogens is 276 g/mol. The quantitative estimate of drug-likeness (QED) is 0.555. The first-order valence-corrected chi connectivity index (χ1v) is 8.92. The molecule has 0 aromatic heterocycles. The van der Waals surface area contributed by atoms with E-state index in [0.717, 1.165) is 51.9 Å². The number of hydrogen-bond acceptors (Lipinski definition) is 3. The van der Waals surface area contributed by atoms with Gasteiger partial charge in [0.1, 0.15) is 0 Å². The summed E-state index contributed by atoms with van der Waals surface area (Å²) in [4.78, 5) is 6.86. The van der Waals surface area contributed by atoms with Gasteiger partial charge < -0.3 is 15.4 Å². The maximum absolute atomic E-state index is 5.40. The van der Waals surface area contributed by atoms with Crippen LogP contribution in [0.2, 0.25) is 0 Å². The molecule has 5 heteroatoms. The molecule has 0 radical (unpaired) electrons. The van der Waals surface area contributed by atoms with Crippen molar-refractivity contribution in [3.05, 3.63) is 0 Å². The Kier molecular flexibility index (Phi) is 6.96. The average Bonchev–Trinajstić information content (AvgIpc) is 2.50. The third-order valence-electron chi connectivity index (χ3n) is 5.31. The summed E-state index contributed by atoms with van der Waals surface area (Å²) in [7, 11) is 1.86. The van der Waals surface area contributed by atoms with Crippen LogP contribution in [-0.4, -0.2) is 63.8 Å². The highest BCUT2D eigenvalue weighted by molar-refractivity contribution is 5.79. The number of aliphatic imine (C=N–C) groups is 1. The Morgan fingerprint density at radius 2 is 2.00 bits per heavy atom. The van der Waals surface area contributed by atoms with Gasteiger partial charge in [0.05, 0.1) is 13.2 Å². The van der Waals surface area contributed by atoms with Crippen LogP contribution in [-0.2, 0) is 4.74 Å². The summed E-state index contributed by atoms with van der Waals surface area (Å²) in [5.41, 5.74) is 0.525. The molecule has 1 saturated heterocycles. The van der Waals surface area contributed by atoms with Gasteiger partial charge in [-0.15, -0.1) is 0 Å². The van der Waals surface area contributed by atoms with Crippen molar-refractivity contribution in [3.8, 4) is 0 Å². The van der Waals surface area contributed by atoms with Gasteiger partial charge in [-0.05, 0) is 30.6 Å². The van der Waals surface area contributed by atoms with Crippen molar-refractivity contribution in [1.29, 1.82) is 0 Å². The lowest BCUT2D eigenvalue weighted by molar-refractivity contribution is 0.0320. The van der Waals surface area contributed by atoms with Gasteiger partial charge in [0, 0.05) is 39.8 Å². The maximum atomic E-state index is 5.40. The Hall–Kier alpha value is -0.810. The molecule has 0 aromatic carbocycles. The van der Waals surface area contributed by atoms with Crippen molar-refractivity contribution >= 4 is 5.96 Å². The predicted octanol–water partition coefficient (Wildman–Crippen LogP) is 1.70. The van der Waals surface area contributed by atoms with E-state index in [1.54, 1.807) is 0 Å². The summed E-state index contributed by atoms with van der Waals surface area (Å²) in [5.74, 6) is 1.56. The molecule has 1 aliphatic heterocycles. The van der Waals surface area contributed by atoms with E-state index in [0.29, 0.717) is 11.3 Å². The van der Waals surface area contributed by atoms with Crippen LogP contribution in [0.3, 0.4) is 0 Å². The zero-order chi connectivity index (χ0) is 15.8. The Morgan fingerprint density at radius 3 is 2.55 bits per heavy atom. The number of hydrogen-bond donors (Lipinski definition) is 2. The number of rotatable bonds is 7. The molecule has 2 fully saturated rings. The molecule has 128 valence electrons. The van der Waals surface area contributed by atoms with E-state index in [4.69, 9.17) is 4.74 Å². The van der Waals surface area contributed by atoms with Gasteiger partial charge >= 0.3 is 0 Å². The fourth-order valence-corrected chi connectivity index (χ4v) is 3.38. The van der Waals surface area contributed by atoms with E-state index >= 15 is 0 Å². The molecule has 1 saturated carbocycles. The molecule has 1 aliphatic carbocycles. The summed E-state index contributed by atoms with van der Waals surface area (Å²) >= 11 is 0. The summed E-state index contributed by atoms with van der Waals surface area (Å²) in [6.07, 6.45) is 5.38. The monoisotopic (exact) mass is 310 g/mol. The van der Waals surface area contributed by atoms with Crippen molar-refractivity contribution in [2.45, 2.75) is 39.5 Å². The van der Waals surface area contributed by atoms with Crippen molar-refractivity contribution in [2.24, 2.45) is 16.3 Å². The Balaban J connectivity index is 1.64. The minimum atomic E-state index is 0.525. The molecule has 0 spiro atoms. The molecule has 0 amide bonds. The molecule has 22 heavy (non-hydrogen) atoms. The van der Waals surface area contributed by atoms with Gasteiger partial charge in [0.15, 0.2) is 5.96 Å². The van der Waals surface area contributed by atoms with Crippen molar-refractivity contribution < 1.29 is 4.74 Å². The van der Waals surface area contributed by atoms with Crippen LogP contribution in [0.1, 0.15) is 39.5 Å². The molecule has 1 unspecified atom stereocenters. The summed E-state index contributed by atoms with van der Waals surface area (Å²) in [6.45, 7) is 11.7. The SMILES string of the molecule is CCC1(CNC(=NC)NCC(C)CN2CCOCC2)CCC1. The van der Waals surface area contributed by atoms with Crippen LogP contribution in [0, 0.1) is 11.3 Å². The van der Waals surface area contributed by atoms with Crippen molar-refractivity contribution in [2.75, 3.05) is 53.0 Å². The van der Waals surface area contributed by atoms with Gasteiger partial charge in [-0.25, -0.2) is 0 Å². The van der Waals surface area contributed by atoms with E-state index in [1.165, 1.54) is 25.7 Å². The minimum absolute atomic E-state index is 0.525. The second kappa shape index (κ2) is 8.73. The zero-order valence-corrected chi connectivity index (χ0v) is 14.7. The number of morpholine rings is 1. The molecule has 0 bridgehead atoms. The van der Waals surface area contributed by atoms with Crippen LogP contribution in [0.15, 0.2) is 4.99 Å². The third kappa shape index (κ3) is 5.13. The Morgan fingerprint density at radius 1 is 1.27 bits per heavy atom. The fraction of sp³-hybridized carbons (Fsp3) is 0.941. The predicted molar refractivity (Wildman–Crippen MR) is 92.4 cm³/mol. The molecule has 2 rings (SSSR count). The minimum Gasteiger partial charge on any atom is -0.379 e. The lowest BCUT2D eigenvalue weighted by Crippen LogP contribution is -2.48. The van der Waals surface area contributed by atoms with Gasteiger partial charge in [0.2, 0.25) is 0 Å². The van der Waals surface area contributed by atoms with E-state index in [2.05, 4.69) is 34.4 Å². The van der Waals surface area contributed by atoms with Gasteiger partial charge in [-0.2, -0.15) is 0 Å². The molecule has 5 nitrogen and oxygen atoms in total. The lowest BCUT2D eigenvalue weighted by Gasteiger charge is -2.41. The van der Waals surface area contributed by atoms with Crippen molar-refractivity contribution in [1.82, 2.24) is 15.5 Å². The van der Waals surface area contributed by atoms with E-state index in [9.17, 15) is 0 Å². The molecule has 1 heterocycles. The highest BCUT2D eigenvalue weighted by Crippen LogP contribution is 2.42. The van der Waals surface area contributed by atoms with E-state index in [-0.39, 0.29) is 0 Å². The summed E-state index contributed by atoms with van der Waals surface area (Å²) in [5, 5.41) is 7.01. The first kappa shape index (κ1) is 17.5. The molecule has 2 aliphatic rings. The molecule has 0 aromatic rings. The smallest absolute Gasteiger partial charge is 0.191 e. The highest BCUT2D eigenvalue weighted by Gasteiger charge is 2.34. The first-order chi connectivity index (χ1) is 10.7. The van der Waals surface area contributed by atoms with Gasteiger partial charge in [-0.3, -0.25) is 9.89 Å². The number of ether oxygens (including phenoxy) is 1. The van der Waals surface area contributed by atoms with Gasteiger partial charge in [0.25, 0.3) is 0 Å². The number of nitrogens with one attached hydrogen (secondary N) is 2. The van der Waals surface area contributed by atoms with Crippen LogP contribution >= 0.6 is 0 Å². The molecule has 1 atom stereocenters. The second-order valence-corrected chi connectivity index (χ2v) is 7.03. The van der Waals surface area contributed by atoms with Crippen molar-refractivity contribution in [3.63, 3.8) is 0 Å². The molecule has 2 N–H and O–H groups in total. The normalized spacial score (nSPS) is 23.7. The van der Waals surface area contributed by atoms with Crippen LogP contribution in [0.5, 0.6) is 0 Å². The van der Waals surface area contributed by atoms with Crippen LogP contribution in [0.4, 0.5) is 0 Å². The number of guanidine groups is 1. The summed E-state index contributed by atoms with van der Waals surface area (Å²) < 4.78 is 5.40. The fourth-order valence-electron chi connectivity index (χ4n) is 3.38. The van der Waals surface area contributed by atoms with Crippen LogP contribution < -0.4 is 10.6 Å². The zero-order valence-electron chi connectivity index (χ0n) is 14.7. The van der Waals surface area contributed by atoms with Crippen LogP contribution in [0.25, 0.3) is 0 Å². The van der Waals surface area contributed by atoms with E-state index in [1.807, 2.05) is 7.05 Å².